The largest absolute Gasteiger partial charge is 0.464 e. The molecule has 6 heteroatoms. The van der Waals surface area contributed by atoms with Crippen molar-refractivity contribution in [1.29, 1.82) is 0 Å². The molecule has 116 valence electrons. The summed E-state index contributed by atoms with van der Waals surface area (Å²) in [6.45, 7) is 5.94. The first-order chi connectivity index (χ1) is 9.42. The maximum Gasteiger partial charge on any atom is 0.389 e. The molecule has 0 amide bonds. The highest BCUT2D eigenvalue weighted by atomic mass is 19.4. The molecular weight excluding hydrogens is 271 g/mol. The van der Waals surface area contributed by atoms with Crippen LogP contribution in [0.1, 0.15) is 43.3 Å². The second-order valence-corrected chi connectivity index (χ2v) is 4.74. The molecule has 0 saturated heterocycles. The van der Waals surface area contributed by atoms with Crippen LogP contribution in [0.25, 0.3) is 0 Å². The minimum atomic E-state index is -4.11. The first kappa shape index (κ1) is 17.0. The van der Waals surface area contributed by atoms with E-state index in [4.69, 9.17) is 9.15 Å². The van der Waals surface area contributed by atoms with Gasteiger partial charge in [0, 0.05) is 25.1 Å². The van der Waals surface area contributed by atoms with E-state index in [2.05, 4.69) is 12.2 Å². The lowest BCUT2D eigenvalue weighted by Crippen LogP contribution is -2.13. The first-order valence-corrected chi connectivity index (χ1v) is 6.85. The van der Waals surface area contributed by atoms with Crippen molar-refractivity contribution < 1.29 is 22.3 Å². The van der Waals surface area contributed by atoms with Crippen LogP contribution in [0.15, 0.2) is 10.5 Å². The fourth-order valence-electron chi connectivity index (χ4n) is 1.78. The van der Waals surface area contributed by atoms with Crippen LogP contribution in [-0.2, 0) is 17.9 Å². The van der Waals surface area contributed by atoms with Crippen LogP contribution < -0.4 is 5.32 Å². The van der Waals surface area contributed by atoms with Crippen molar-refractivity contribution in [3.05, 3.63) is 23.2 Å². The van der Waals surface area contributed by atoms with Crippen LogP contribution >= 0.6 is 0 Å². The van der Waals surface area contributed by atoms with Gasteiger partial charge in [-0.05, 0) is 32.4 Å². The predicted octanol–water partition coefficient (Wildman–Crippen LogP) is 3.95. The van der Waals surface area contributed by atoms with Crippen molar-refractivity contribution in [1.82, 2.24) is 5.32 Å². The smallest absolute Gasteiger partial charge is 0.389 e. The molecule has 0 bridgehead atoms. The Hall–Kier alpha value is -1.01. The molecule has 0 aliphatic rings. The van der Waals surface area contributed by atoms with Gasteiger partial charge < -0.3 is 14.5 Å². The summed E-state index contributed by atoms with van der Waals surface area (Å²) in [7, 11) is 0. The molecule has 3 nitrogen and oxygen atoms in total. The number of furan rings is 1. The minimum Gasteiger partial charge on any atom is -0.464 e. The number of halogens is 3. The van der Waals surface area contributed by atoms with Crippen molar-refractivity contribution in [3.63, 3.8) is 0 Å². The zero-order chi connectivity index (χ0) is 15.0. The van der Waals surface area contributed by atoms with Gasteiger partial charge in [0.15, 0.2) is 0 Å². The van der Waals surface area contributed by atoms with Crippen molar-refractivity contribution in [2.75, 3.05) is 13.2 Å². The molecule has 0 atom stereocenters. The zero-order valence-corrected chi connectivity index (χ0v) is 12.0. The molecule has 0 spiro atoms. The lowest BCUT2D eigenvalue weighted by Gasteiger charge is -2.05. The molecule has 0 aromatic carbocycles. The number of hydrogen-bond donors (Lipinski definition) is 1. The van der Waals surface area contributed by atoms with Gasteiger partial charge in [0.25, 0.3) is 0 Å². The van der Waals surface area contributed by atoms with Crippen LogP contribution in [0, 0.1) is 6.92 Å². The number of rotatable bonds is 9. The van der Waals surface area contributed by atoms with E-state index in [0.29, 0.717) is 5.76 Å². The maximum absolute atomic E-state index is 11.9. The van der Waals surface area contributed by atoms with E-state index in [-0.39, 0.29) is 19.6 Å². The third-order valence-electron chi connectivity index (χ3n) is 2.81. The third kappa shape index (κ3) is 6.96. The summed E-state index contributed by atoms with van der Waals surface area (Å²) >= 11 is 0. The molecule has 0 unspecified atom stereocenters. The molecular formula is C14H22F3NO2. The van der Waals surface area contributed by atoms with Gasteiger partial charge in [-0.2, -0.15) is 13.2 Å². The average Bonchev–Trinajstić information content (AvgIpc) is 2.69. The molecule has 0 fully saturated rings. The molecule has 1 heterocycles. The normalized spacial score (nSPS) is 12.1. The van der Waals surface area contributed by atoms with Gasteiger partial charge in [0.1, 0.15) is 18.1 Å². The van der Waals surface area contributed by atoms with Gasteiger partial charge in [0.2, 0.25) is 0 Å². The fourth-order valence-corrected chi connectivity index (χ4v) is 1.78. The summed E-state index contributed by atoms with van der Waals surface area (Å²) in [5.74, 6) is 1.48. The molecule has 0 aliphatic heterocycles. The molecule has 0 radical (unpaired) electrons. The quantitative estimate of drug-likeness (QED) is 0.700. The summed E-state index contributed by atoms with van der Waals surface area (Å²) in [5.41, 5.74) is 1.06. The standard InChI is InChI=1S/C14H22F3NO2/c1-3-6-18-9-12-8-13(20-11(12)2)10-19-7-4-5-14(15,16)17/h8,18H,3-7,9-10H2,1-2H3. The highest BCUT2D eigenvalue weighted by Gasteiger charge is 2.25. The molecule has 1 rings (SSSR count). The van der Waals surface area contributed by atoms with Crippen molar-refractivity contribution >= 4 is 0 Å². The van der Waals surface area contributed by atoms with E-state index in [1.807, 2.05) is 13.0 Å². The van der Waals surface area contributed by atoms with E-state index in [9.17, 15) is 13.2 Å². The van der Waals surface area contributed by atoms with Crippen LogP contribution in [0.4, 0.5) is 13.2 Å². The lowest BCUT2D eigenvalue weighted by atomic mass is 10.2. The number of nitrogens with one attached hydrogen (secondary N) is 1. The van der Waals surface area contributed by atoms with Crippen LogP contribution in [-0.4, -0.2) is 19.3 Å². The van der Waals surface area contributed by atoms with Crippen molar-refractivity contribution in [3.8, 4) is 0 Å². The second kappa shape index (κ2) is 8.32. The summed E-state index contributed by atoms with van der Waals surface area (Å²) in [4.78, 5) is 0. The minimum absolute atomic E-state index is 0.0197. The molecule has 1 aromatic heterocycles. The Morgan fingerprint density at radius 3 is 2.75 bits per heavy atom. The molecule has 0 saturated carbocycles. The summed E-state index contributed by atoms with van der Waals surface area (Å²) < 4.78 is 46.5. The van der Waals surface area contributed by atoms with E-state index < -0.39 is 12.6 Å². The Morgan fingerprint density at radius 1 is 1.35 bits per heavy atom. The third-order valence-corrected chi connectivity index (χ3v) is 2.81. The summed E-state index contributed by atoms with van der Waals surface area (Å²) in [5, 5.41) is 3.27. The summed E-state index contributed by atoms with van der Waals surface area (Å²) in [6.07, 6.45) is -3.88. The fraction of sp³-hybridized carbons (Fsp3) is 0.714. The number of aryl methyl sites for hydroxylation is 1. The number of ether oxygens (including phenoxy) is 1. The molecule has 1 N–H and O–H groups in total. The van der Waals surface area contributed by atoms with Gasteiger partial charge in [0.05, 0.1) is 0 Å². The molecule has 0 aliphatic carbocycles. The van der Waals surface area contributed by atoms with Crippen molar-refractivity contribution in [2.45, 2.75) is 52.4 Å². The predicted molar refractivity (Wildman–Crippen MR) is 70.4 cm³/mol. The van der Waals surface area contributed by atoms with Gasteiger partial charge >= 0.3 is 6.18 Å². The highest BCUT2D eigenvalue weighted by Crippen LogP contribution is 2.21. The Bertz CT molecular complexity index is 388. The topological polar surface area (TPSA) is 34.4 Å². The van der Waals surface area contributed by atoms with Crippen LogP contribution in [0.2, 0.25) is 0 Å². The van der Waals surface area contributed by atoms with E-state index in [0.717, 1.165) is 30.8 Å². The average molecular weight is 293 g/mol. The summed E-state index contributed by atoms with van der Waals surface area (Å²) in [6, 6.07) is 1.89. The van der Waals surface area contributed by atoms with Crippen molar-refractivity contribution in [2.24, 2.45) is 0 Å². The lowest BCUT2D eigenvalue weighted by molar-refractivity contribution is -0.138. The first-order valence-electron chi connectivity index (χ1n) is 6.85. The van der Waals surface area contributed by atoms with Crippen LogP contribution in [0.5, 0.6) is 0 Å². The SMILES string of the molecule is CCCNCc1cc(COCCCC(F)(F)F)oc1C. The Morgan fingerprint density at radius 2 is 2.10 bits per heavy atom. The van der Waals surface area contributed by atoms with Gasteiger partial charge in [-0.25, -0.2) is 0 Å². The second-order valence-electron chi connectivity index (χ2n) is 4.74. The molecule has 1 aromatic rings. The van der Waals surface area contributed by atoms with Crippen LogP contribution in [0.3, 0.4) is 0 Å². The van der Waals surface area contributed by atoms with E-state index in [1.165, 1.54) is 0 Å². The van der Waals surface area contributed by atoms with Gasteiger partial charge in [-0.15, -0.1) is 0 Å². The van der Waals surface area contributed by atoms with E-state index >= 15 is 0 Å². The van der Waals surface area contributed by atoms with Gasteiger partial charge in [-0.3, -0.25) is 0 Å². The van der Waals surface area contributed by atoms with E-state index in [1.54, 1.807) is 0 Å². The van der Waals surface area contributed by atoms with Gasteiger partial charge in [-0.1, -0.05) is 6.92 Å². The Labute approximate surface area is 117 Å². The highest BCUT2D eigenvalue weighted by molar-refractivity contribution is 5.20. The number of alkyl halides is 3. The number of hydrogen-bond acceptors (Lipinski definition) is 3. The maximum atomic E-state index is 11.9. The Kier molecular flexibility index (Phi) is 7.09. The monoisotopic (exact) mass is 293 g/mol. The zero-order valence-electron chi connectivity index (χ0n) is 12.0. The molecule has 20 heavy (non-hydrogen) atoms. The Balaban J connectivity index is 2.25.